The second-order valence-electron chi connectivity index (χ2n) is 3.35. The molecule has 0 aromatic rings. The van der Waals surface area contributed by atoms with Crippen LogP contribution in [0.3, 0.4) is 0 Å². The predicted octanol–water partition coefficient (Wildman–Crippen LogP) is -0.385. The molecule has 0 fully saturated rings. The van der Waals surface area contributed by atoms with Crippen molar-refractivity contribution < 1.29 is 23.9 Å². The van der Waals surface area contributed by atoms with Gasteiger partial charge in [0.25, 0.3) is 0 Å². The third kappa shape index (κ3) is 10.2. The Morgan fingerprint density at radius 1 is 1.28 bits per heavy atom. The number of thioether (sulfide) groups is 1. The van der Waals surface area contributed by atoms with Crippen molar-refractivity contribution in [3.8, 4) is 0 Å². The van der Waals surface area contributed by atoms with Crippen LogP contribution >= 0.6 is 11.8 Å². The summed E-state index contributed by atoms with van der Waals surface area (Å²) in [4.78, 5) is 31.3. The van der Waals surface area contributed by atoms with Crippen molar-refractivity contribution in [2.75, 3.05) is 18.1 Å². The van der Waals surface area contributed by atoms with E-state index in [0.717, 1.165) is 0 Å². The van der Waals surface area contributed by atoms with Crippen molar-refractivity contribution in [1.29, 1.82) is 0 Å². The summed E-state index contributed by atoms with van der Waals surface area (Å²) in [6.07, 6.45) is 0.383. The molecule has 0 aromatic heterocycles. The Morgan fingerprint density at radius 2 is 1.94 bits per heavy atom. The van der Waals surface area contributed by atoms with Gasteiger partial charge in [-0.1, -0.05) is 0 Å². The molecule has 0 saturated carbocycles. The molecule has 0 aromatic carbocycles. The van der Waals surface area contributed by atoms with Crippen LogP contribution in [0.1, 0.15) is 6.42 Å². The van der Waals surface area contributed by atoms with Crippen molar-refractivity contribution in [3.05, 3.63) is 0 Å². The first-order valence-electron chi connectivity index (χ1n) is 5.12. The second kappa shape index (κ2) is 10.0. The topological polar surface area (TPSA) is 95.7 Å². The van der Waals surface area contributed by atoms with Crippen molar-refractivity contribution >= 4 is 45.5 Å². The number of ether oxygens (including phenoxy) is 2. The highest BCUT2D eigenvalue weighted by molar-refractivity contribution is 7.99. The summed E-state index contributed by atoms with van der Waals surface area (Å²) in [6, 6.07) is -0.564. The van der Waals surface area contributed by atoms with E-state index in [1.165, 1.54) is 11.8 Å². The molecule has 0 saturated heterocycles. The molecular formula is C9H13B2NO5S. The number of hydrogen-bond acceptors (Lipinski definition) is 7. The highest BCUT2D eigenvalue weighted by Gasteiger charge is 2.13. The first kappa shape index (κ1) is 17.0. The van der Waals surface area contributed by atoms with Crippen molar-refractivity contribution in [1.82, 2.24) is 0 Å². The van der Waals surface area contributed by atoms with Crippen molar-refractivity contribution in [2.24, 2.45) is 5.73 Å². The maximum absolute atomic E-state index is 10.6. The van der Waals surface area contributed by atoms with Gasteiger partial charge in [-0.05, 0) is 0 Å². The first-order chi connectivity index (χ1) is 8.45. The molecule has 2 atom stereocenters. The summed E-state index contributed by atoms with van der Waals surface area (Å²) < 4.78 is 9.32. The van der Waals surface area contributed by atoms with Crippen molar-refractivity contribution in [2.45, 2.75) is 18.6 Å². The maximum atomic E-state index is 10.6. The van der Waals surface area contributed by atoms with Crippen LogP contribution in [0.25, 0.3) is 0 Å². The molecule has 0 rings (SSSR count). The molecule has 2 unspecified atom stereocenters. The average molecular weight is 269 g/mol. The number of rotatable bonds is 9. The van der Waals surface area contributed by atoms with Crippen LogP contribution < -0.4 is 5.73 Å². The predicted molar refractivity (Wildman–Crippen MR) is 69.1 cm³/mol. The van der Waals surface area contributed by atoms with Crippen LogP contribution in [0.15, 0.2) is 0 Å². The zero-order valence-corrected chi connectivity index (χ0v) is 10.6. The van der Waals surface area contributed by atoms with Crippen LogP contribution in [0.5, 0.6) is 0 Å². The highest BCUT2D eigenvalue weighted by Crippen LogP contribution is 2.10. The van der Waals surface area contributed by atoms with Gasteiger partial charge >= 0.3 is 0 Å². The van der Waals surface area contributed by atoms with Crippen molar-refractivity contribution in [3.63, 3.8) is 0 Å². The molecule has 4 radical (unpaired) electrons. The van der Waals surface area contributed by atoms with E-state index in [9.17, 15) is 14.4 Å². The van der Waals surface area contributed by atoms with Gasteiger partial charge in [-0.25, -0.2) is 0 Å². The molecule has 9 heteroatoms. The Morgan fingerprint density at radius 3 is 2.44 bits per heavy atom. The Balaban J connectivity index is 3.94. The summed E-state index contributed by atoms with van der Waals surface area (Å²) in [5.41, 5.74) is 5.39. The van der Waals surface area contributed by atoms with Gasteiger partial charge < -0.3 is 20.0 Å². The number of carbonyl (C=O) groups excluding carboxylic acids is 3. The van der Waals surface area contributed by atoms with Gasteiger partial charge in [0, 0.05) is 17.9 Å². The van der Waals surface area contributed by atoms with Gasteiger partial charge in [0.15, 0.2) is 0 Å². The van der Waals surface area contributed by atoms with Crippen LogP contribution in [-0.4, -0.2) is 64.0 Å². The van der Waals surface area contributed by atoms with E-state index in [1.807, 2.05) is 0 Å². The first-order valence-corrected chi connectivity index (χ1v) is 6.28. The third-order valence-electron chi connectivity index (χ3n) is 1.76. The monoisotopic (exact) mass is 269 g/mol. The molecule has 0 aliphatic rings. The molecule has 0 bridgehead atoms. The second-order valence-corrected chi connectivity index (χ2v) is 4.43. The lowest BCUT2D eigenvalue weighted by Gasteiger charge is -2.17. The van der Waals surface area contributed by atoms with Gasteiger partial charge in [-0.2, -0.15) is 11.8 Å². The zero-order chi connectivity index (χ0) is 14.0. The zero-order valence-electron chi connectivity index (χ0n) is 9.74. The fourth-order valence-electron chi connectivity index (χ4n) is 1.01. The van der Waals surface area contributed by atoms with E-state index in [0.29, 0.717) is 17.8 Å². The Kier molecular flexibility index (Phi) is 9.49. The van der Waals surface area contributed by atoms with Crippen LogP contribution in [0, 0.1) is 0 Å². The molecule has 0 spiro atoms. The summed E-state index contributed by atoms with van der Waals surface area (Å²) >= 11 is 1.33. The van der Waals surface area contributed by atoms with Gasteiger partial charge in [0.05, 0.1) is 12.6 Å². The molecule has 0 aliphatic heterocycles. The van der Waals surface area contributed by atoms with E-state index in [1.54, 1.807) is 0 Å². The van der Waals surface area contributed by atoms with Gasteiger partial charge in [0.2, 0.25) is 27.4 Å². The maximum Gasteiger partial charge on any atom is 0.236 e. The molecule has 96 valence electrons. The highest BCUT2D eigenvalue weighted by atomic mass is 32.2. The normalized spacial score (nSPS) is 13.4. The largest absolute Gasteiger partial charge is 0.475 e. The minimum Gasteiger partial charge on any atom is -0.475 e. The summed E-state index contributed by atoms with van der Waals surface area (Å²) in [5, 5.41) is 0. The van der Waals surface area contributed by atoms with Gasteiger partial charge in [0.1, 0.15) is 12.4 Å². The molecule has 6 nitrogen and oxygen atoms in total. The molecule has 0 aliphatic carbocycles. The lowest BCUT2D eigenvalue weighted by Crippen LogP contribution is -2.27. The van der Waals surface area contributed by atoms with Gasteiger partial charge in [-0.15, -0.1) is 0 Å². The SMILES string of the molecule is [B]C(=O)OCCC(CSCC(N)C=O)OC([B])=O. The number of nitrogens with two attached hydrogens (primary N) is 1. The smallest absolute Gasteiger partial charge is 0.236 e. The molecule has 0 amide bonds. The van der Waals surface area contributed by atoms with E-state index in [4.69, 9.17) is 26.2 Å². The minimum atomic E-state index is -0.917. The number of carbonyl (C=O) groups is 3. The van der Waals surface area contributed by atoms with Crippen LogP contribution in [0.4, 0.5) is 9.59 Å². The lowest BCUT2D eigenvalue weighted by molar-refractivity contribution is -0.108. The van der Waals surface area contributed by atoms with E-state index in [2.05, 4.69) is 4.74 Å². The average Bonchev–Trinajstić information content (AvgIpc) is 2.27. The molecular weight excluding hydrogens is 256 g/mol. The fourth-order valence-corrected chi connectivity index (χ4v) is 1.99. The van der Waals surface area contributed by atoms with Gasteiger partial charge in [-0.3, -0.25) is 9.59 Å². The Bertz CT molecular complexity index is 292. The summed E-state index contributed by atoms with van der Waals surface area (Å²) in [6.45, 7) is 0.0214. The summed E-state index contributed by atoms with van der Waals surface area (Å²) in [5.74, 6) is -1.02. The standard InChI is InChI=1S/C9H13B2NO5S/c10-8(14)16-2-1-7(17-9(11)15)5-18-4-6(12)3-13/h3,6-7H,1-2,4-5,12H2. The van der Waals surface area contributed by atoms with Crippen LogP contribution in [-0.2, 0) is 14.3 Å². The molecule has 2 N–H and O–H groups in total. The quantitative estimate of drug-likeness (QED) is 0.450. The lowest BCUT2D eigenvalue weighted by atomic mass is 10.1. The fraction of sp³-hybridized carbons (Fsp3) is 0.667. The molecule has 18 heavy (non-hydrogen) atoms. The number of hydrogen-bond donors (Lipinski definition) is 1. The van der Waals surface area contributed by atoms with E-state index < -0.39 is 23.9 Å². The molecule has 0 heterocycles. The Labute approximate surface area is 112 Å². The van der Waals surface area contributed by atoms with E-state index in [-0.39, 0.29) is 13.0 Å². The number of aldehydes is 1. The minimum absolute atomic E-state index is 0.0214. The Hall–Kier alpha value is -0.950. The summed E-state index contributed by atoms with van der Waals surface area (Å²) in [7, 11) is 9.68. The van der Waals surface area contributed by atoms with Crippen LogP contribution in [0.2, 0.25) is 0 Å². The van der Waals surface area contributed by atoms with E-state index >= 15 is 0 Å². The third-order valence-corrected chi connectivity index (χ3v) is 2.98.